The number of amides is 2. The molecule has 0 aliphatic heterocycles. The highest BCUT2D eigenvalue weighted by atomic mass is 32.1. The van der Waals surface area contributed by atoms with E-state index in [1.165, 1.54) is 11.8 Å². The van der Waals surface area contributed by atoms with Crippen LogP contribution in [0.3, 0.4) is 0 Å². The molecule has 0 heterocycles. The first-order valence-electron chi connectivity index (χ1n) is 10.3. The molecule has 0 fully saturated rings. The van der Waals surface area contributed by atoms with E-state index in [-0.39, 0.29) is 17.6 Å². The Morgan fingerprint density at radius 2 is 1.61 bits per heavy atom. The van der Waals surface area contributed by atoms with Crippen LogP contribution in [0.15, 0.2) is 78.9 Å². The van der Waals surface area contributed by atoms with E-state index in [1.807, 2.05) is 36.4 Å². The van der Waals surface area contributed by atoms with Gasteiger partial charge in [0.2, 0.25) is 5.91 Å². The number of carbonyl (C=O) groups excluding carboxylic acids is 2. The number of anilines is 2. The van der Waals surface area contributed by atoms with E-state index < -0.39 is 5.91 Å². The van der Waals surface area contributed by atoms with Crippen LogP contribution in [0, 0.1) is 0 Å². The van der Waals surface area contributed by atoms with Gasteiger partial charge in [-0.1, -0.05) is 36.4 Å². The van der Waals surface area contributed by atoms with Crippen LogP contribution in [-0.2, 0) is 4.79 Å². The highest BCUT2D eigenvalue weighted by Crippen LogP contribution is 2.20. The van der Waals surface area contributed by atoms with Crippen LogP contribution in [-0.4, -0.2) is 37.2 Å². The van der Waals surface area contributed by atoms with Crippen molar-refractivity contribution < 1.29 is 19.1 Å². The zero-order chi connectivity index (χ0) is 23.6. The van der Waals surface area contributed by atoms with Gasteiger partial charge in [0.15, 0.2) is 5.11 Å². The third-order valence-corrected chi connectivity index (χ3v) is 4.88. The molecule has 3 rings (SSSR count). The standard InChI is InChI=1S/C25H25N3O4S/c1-18(29)28(2)20-10-8-9-19(17-20)26-25(33)27-24(30)22-13-6-7-14-23(22)32-16-15-31-21-11-4-3-5-12-21/h3-14,17H,15-16H2,1-2H3,(H2,26,27,30,33). The average molecular weight is 464 g/mol. The Kier molecular flexibility index (Phi) is 8.37. The van der Waals surface area contributed by atoms with Crippen molar-refractivity contribution in [3.05, 3.63) is 84.4 Å². The summed E-state index contributed by atoms with van der Waals surface area (Å²) in [4.78, 5) is 25.9. The summed E-state index contributed by atoms with van der Waals surface area (Å²) in [7, 11) is 1.68. The van der Waals surface area contributed by atoms with Gasteiger partial charge in [-0.25, -0.2) is 0 Å². The van der Waals surface area contributed by atoms with Crippen LogP contribution < -0.4 is 25.0 Å². The maximum Gasteiger partial charge on any atom is 0.261 e. The second-order valence-electron chi connectivity index (χ2n) is 7.04. The summed E-state index contributed by atoms with van der Waals surface area (Å²) in [6, 6.07) is 23.5. The Labute approximate surface area is 198 Å². The number of para-hydroxylation sites is 2. The molecule has 0 aromatic heterocycles. The number of benzene rings is 3. The molecule has 0 saturated carbocycles. The quantitative estimate of drug-likeness (QED) is 0.384. The maximum absolute atomic E-state index is 12.8. The van der Waals surface area contributed by atoms with E-state index in [1.54, 1.807) is 49.5 Å². The van der Waals surface area contributed by atoms with Crippen LogP contribution >= 0.6 is 12.2 Å². The summed E-state index contributed by atoms with van der Waals surface area (Å²) in [6.07, 6.45) is 0. The van der Waals surface area contributed by atoms with Crippen molar-refractivity contribution >= 4 is 40.5 Å². The first-order chi connectivity index (χ1) is 15.9. The molecule has 8 heteroatoms. The van der Waals surface area contributed by atoms with Crippen molar-refractivity contribution in [1.29, 1.82) is 0 Å². The van der Waals surface area contributed by atoms with Crippen LogP contribution in [0.2, 0.25) is 0 Å². The lowest BCUT2D eigenvalue weighted by Crippen LogP contribution is -2.34. The summed E-state index contributed by atoms with van der Waals surface area (Å²) in [6.45, 7) is 2.10. The van der Waals surface area contributed by atoms with Crippen LogP contribution in [0.25, 0.3) is 0 Å². The van der Waals surface area contributed by atoms with Crippen molar-refractivity contribution in [2.45, 2.75) is 6.92 Å². The molecule has 0 aliphatic carbocycles. The molecule has 2 amide bonds. The van der Waals surface area contributed by atoms with Gasteiger partial charge in [-0.15, -0.1) is 0 Å². The SMILES string of the molecule is CC(=O)N(C)c1cccc(NC(=S)NC(=O)c2ccccc2OCCOc2ccccc2)c1. The molecule has 0 aliphatic rings. The number of hydrogen-bond donors (Lipinski definition) is 2. The summed E-state index contributed by atoms with van der Waals surface area (Å²) < 4.78 is 11.4. The van der Waals surface area contributed by atoms with Crippen molar-refractivity contribution in [3.63, 3.8) is 0 Å². The van der Waals surface area contributed by atoms with E-state index >= 15 is 0 Å². The lowest BCUT2D eigenvalue weighted by atomic mass is 10.2. The number of nitrogens with one attached hydrogen (secondary N) is 2. The van der Waals surface area contributed by atoms with E-state index in [2.05, 4.69) is 10.6 Å². The second-order valence-corrected chi connectivity index (χ2v) is 7.45. The van der Waals surface area contributed by atoms with Crippen molar-refractivity contribution in [1.82, 2.24) is 5.32 Å². The van der Waals surface area contributed by atoms with E-state index in [0.29, 0.717) is 29.3 Å². The first-order valence-corrected chi connectivity index (χ1v) is 10.7. The van der Waals surface area contributed by atoms with E-state index in [4.69, 9.17) is 21.7 Å². The number of carbonyl (C=O) groups is 2. The van der Waals surface area contributed by atoms with E-state index in [0.717, 1.165) is 5.75 Å². The van der Waals surface area contributed by atoms with Gasteiger partial charge in [-0.2, -0.15) is 0 Å². The predicted octanol–water partition coefficient (Wildman–Crippen LogP) is 4.25. The Morgan fingerprint density at radius 1 is 0.909 bits per heavy atom. The van der Waals surface area contributed by atoms with E-state index in [9.17, 15) is 9.59 Å². The minimum Gasteiger partial charge on any atom is -0.490 e. The Bertz CT molecular complexity index is 1120. The minimum atomic E-state index is -0.399. The second kappa shape index (κ2) is 11.6. The van der Waals surface area contributed by atoms with Gasteiger partial charge in [0, 0.05) is 25.3 Å². The molecule has 2 N–H and O–H groups in total. The molecule has 7 nitrogen and oxygen atoms in total. The fourth-order valence-corrected chi connectivity index (χ4v) is 3.13. The number of hydrogen-bond acceptors (Lipinski definition) is 5. The molecular formula is C25H25N3O4S. The number of ether oxygens (including phenoxy) is 2. The van der Waals surface area contributed by atoms with Gasteiger partial charge in [-0.05, 0) is 54.7 Å². The number of nitrogens with zero attached hydrogens (tertiary/aromatic N) is 1. The summed E-state index contributed by atoms with van der Waals surface area (Å²) >= 11 is 5.29. The van der Waals surface area contributed by atoms with Crippen LogP contribution in [0.5, 0.6) is 11.5 Å². The summed E-state index contributed by atoms with van der Waals surface area (Å²) in [5, 5.41) is 5.76. The molecule has 3 aromatic carbocycles. The highest BCUT2D eigenvalue weighted by Gasteiger charge is 2.14. The summed E-state index contributed by atoms with van der Waals surface area (Å²) in [5.74, 6) is 0.694. The van der Waals surface area contributed by atoms with Crippen LogP contribution in [0.1, 0.15) is 17.3 Å². The van der Waals surface area contributed by atoms with Crippen molar-refractivity contribution in [2.24, 2.45) is 0 Å². The van der Waals surface area contributed by atoms with Crippen molar-refractivity contribution in [2.75, 3.05) is 30.5 Å². The van der Waals surface area contributed by atoms with Gasteiger partial charge in [0.05, 0.1) is 5.56 Å². The molecule has 170 valence electrons. The minimum absolute atomic E-state index is 0.0891. The van der Waals surface area contributed by atoms with Crippen LogP contribution in [0.4, 0.5) is 11.4 Å². The highest BCUT2D eigenvalue weighted by molar-refractivity contribution is 7.80. The Morgan fingerprint density at radius 3 is 2.36 bits per heavy atom. The lowest BCUT2D eigenvalue weighted by Gasteiger charge is -2.17. The van der Waals surface area contributed by atoms with Gasteiger partial charge in [0.25, 0.3) is 5.91 Å². The molecule has 0 spiro atoms. The Balaban J connectivity index is 1.56. The zero-order valence-corrected chi connectivity index (χ0v) is 19.2. The Hall–Kier alpha value is -3.91. The summed E-state index contributed by atoms with van der Waals surface area (Å²) in [5.41, 5.74) is 1.71. The van der Waals surface area contributed by atoms with Gasteiger partial charge >= 0.3 is 0 Å². The molecule has 0 bridgehead atoms. The first kappa shape index (κ1) is 23.7. The predicted molar refractivity (Wildman–Crippen MR) is 133 cm³/mol. The third kappa shape index (κ3) is 7.05. The molecule has 3 aromatic rings. The number of thiocarbonyl (C=S) groups is 1. The average Bonchev–Trinajstić information content (AvgIpc) is 2.82. The maximum atomic E-state index is 12.8. The molecular weight excluding hydrogens is 438 g/mol. The smallest absolute Gasteiger partial charge is 0.261 e. The van der Waals surface area contributed by atoms with Crippen molar-refractivity contribution in [3.8, 4) is 11.5 Å². The molecule has 33 heavy (non-hydrogen) atoms. The number of rotatable bonds is 8. The molecule has 0 saturated heterocycles. The normalized spacial score (nSPS) is 10.1. The van der Waals surface area contributed by atoms with Gasteiger partial charge < -0.3 is 19.7 Å². The fourth-order valence-electron chi connectivity index (χ4n) is 2.91. The van der Waals surface area contributed by atoms with Gasteiger partial charge in [0.1, 0.15) is 24.7 Å². The third-order valence-electron chi connectivity index (χ3n) is 4.68. The topological polar surface area (TPSA) is 79.9 Å². The lowest BCUT2D eigenvalue weighted by molar-refractivity contribution is -0.116. The zero-order valence-electron chi connectivity index (χ0n) is 18.4. The monoisotopic (exact) mass is 463 g/mol. The molecule has 0 unspecified atom stereocenters. The fraction of sp³-hybridized carbons (Fsp3) is 0.160. The largest absolute Gasteiger partial charge is 0.490 e. The molecule has 0 atom stereocenters. The molecule has 0 radical (unpaired) electrons. The van der Waals surface area contributed by atoms with Gasteiger partial charge in [-0.3, -0.25) is 14.9 Å².